The standard InChI is InChI=1S/C51H38N2/c1-35-44-22-9-8-16-37(44)27-30-48(35)51(40-18-6-3-7-19-40)49-24-11-10-23-45(49)46-29-26-38-25-28-42(33-47(38)50(46)51)53(43-21-13-31-52-34-43)41-20-12-17-39(32-41)36-14-4-2-5-15-36/h2-33,52H,34H2,1H3. The first-order valence-corrected chi connectivity index (χ1v) is 18.5. The minimum atomic E-state index is -0.536. The zero-order chi connectivity index (χ0) is 35.4. The van der Waals surface area contributed by atoms with Crippen LogP contribution in [0.2, 0.25) is 0 Å². The Kier molecular flexibility index (Phi) is 7.37. The summed E-state index contributed by atoms with van der Waals surface area (Å²) in [6.45, 7) is 3.05. The van der Waals surface area contributed by atoms with E-state index in [2.05, 4.69) is 205 Å². The Morgan fingerprint density at radius 1 is 0.528 bits per heavy atom. The number of dihydropyridines is 1. The van der Waals surface area contributed by atoms with Gasteiger partial charge < -0.3 is 10.2 Å². The lowest BCUT2D eigenvalue weighted by molar-refractivity contribution is 0.770. The molecule has 2 aliphatic rings. The smallest absolute Gasteiger partial charge is 0.0722 e. The van der Waals surface area contributed by atoms with Gasteiger partial charge in [0, 0.05) is 17.1 Å². The Labute approximate surface area is 311 Å². The SMILES string of the molecule is Cc1c(C2(c3ccccc3)c3ccccc3-c3ccc4ccc(N(C5=CC=CNC5)c5cccc(-c6ccccc6)c5)cc4c32)ccc2ccccc12. The molecule has 0 radical (unpaired) electrons. The van der Waals surface area contributed by atoms with Gasteiger partial charge >= 0.3 is 0 Å². The Hall–Kier alpha value is -6.64. The summed E-state index contributed by atoms with van der Waals surface area (Å²) in [5.41, 5.74) is 14.5. The largest absolute Gasteiger partial charge is 0.385 e. The van der Waals surface area contributed by atoms with Crippen molar-refractivity contribution in [3.8, 4) is 22.3 Å². The van der Waals surface area contributed by atoms with Crippen LogP contribution in [-0.4, -0.2) is 6.54 Å². The lowest BCUT2D eigenvalue weighted by atomic mass is 9.65. The Bertz CT molecular complexity index is 2740. The molecule has 0 saturated carbocycles. The van der Waals surface area contributed by atoms with Crippen molar-refractivity contribution in [3.05, 3.63) is 228 Å². The fourth-order valence-corrected chi connectivity index (χ4v) is 9.05. The van der Waals surface area contributed by atoms with Gasteiger partial charge in [0.1, 0.15) is 0 Å². The maximum absolute atomic E-state index is 3.48. The van der Waals surface area contributed by atoms with Crippen LogP contribution >= 0.6 is 0 Å². The lowest BCUT2D eigenvalue weighted by Crippen LogP contribution is -2.30. The molecule has 1 unspecified atom stereocenters. The molecule has 1 N–H and O–H groups in total. The number of anilines is 2. The van der Waals surface area contributed by atoms with Gasteiger partial charge in [-0.3, -0.25) is 0 Å². The van der Waals surface area contributed by atoms with Gasteiger partial charge in [-0.05, 0) is 121 Å². The number of rotatable bonds is 6. The summed E-state index contributed by atoms with van der Waals surface area (Å²) >= 11 is 0. The molecule has 2 heteroatoms. The third-order valence-corrected chi connectivity index (χ3v) is 11.4. The van der Waals surface area contributed by atoms with Crippen LogP contribution in [0.4, 0.5) is 11.4 Å². The van der Waals surface area contributed by atoms with E-state index in [4.69, 9.17) is 0 Å². The highest BCUT2D eigenvalue weighted by Crippen LogP contribution is 2.59. The molecular formula is C51H38N2. The summed E-state index contributed by atoms with van der Waals surface area (Å²) in [5, 5.41) is 8.53. The van der Waals surface area contributed by atoms with E-state index in [-0.39, 0.29) is 0 Å². The van der Waals surface area contributed by atoms with E-state index in [0.717, 1.165) is 17.9 Å². The molecule has 2 nitrogen and oxygen atoms in total. The number of benzene rings is 8. The molecule has 10 rings (SSSR count). The summed E-state index contributed by atoms with van der Waals surface area (Å²) in [7, 11) is 0. The topological polar surface area (TPSA) is 15.3 Å². The van der Waals surface area contributed by atoms with Crippen molar-refractivity contribution in [2.24, 2.45) is 0 Å². The monoisotopic (exact) mass is 678 g/mol. The van der Waals surface area contributed by atoms with E-state index in [1.807, 2.05) is 6.20 Å². The molecular weight excluding hydrogens is 641 g/mol. The predicted molar refractivity (Wildman–Crippen MR) is 223 cm³/mol. The predicted octanol–water partition coefficient (Wildman–Crippen LogP) is 12.5. The van der Waals surface area contributed by atoms with Crippen LogP contribution in [0.5, 0.6) is 0 Å². The van der Waals surface area contributed by atoms with Crippen molar-refractivity contribution >= 4 is 32.9 Å². The van der Waals surface area contributed by atoms with E-state index in [9.17, 15) is 0 Å². The highest BCUT2D eigenvalue weighted by Gasteiger charge is 2.48. The average Bonchev–Trinajstić information content (AvgIpc) is 3.54. The summed E-state index contributed by atoms with van der Waals surface area (Å²) in [6, 6.07) is 65.1. The third kappa shape index (κ3) is 4.87. The highest BCUT2D eigenvalue weighted by molar-refractivity contribution is 6.03. The Morgan fingerprint density at radius 3 is 2.08 bits per heavy atom. The Balaban J connectivity index is 1.28. The van der Waals surface area contributed by atoms with Gasteiger partial charge in [0.15, 0.2) is 0 Å². The molecule has 0 amide bonds. The fourth-order valence-electron chi connectivity index (χ4n) is 9.05. The van der Waals surface area contributed by atoms with Crippen molar-refractivity contribution in [2.75, 3.05) is 11.4 Å². The summed E-state index contributed by atoms with van der Waals surface area (Å²) in [5.74, 6) is 0. The molecule has 0 aromatic heterocycles. The first-order valence-electron chi connectivity index (χ1n) is 18.5. The van der Waals surface area contributed by atoms with E-state index < -0.39 is 5.41 Å². The van der Waals surface area contributed by atoms with E-state index in [0.29, 0.717) is 0 Å². The fraction of sp³-hybridized carbons (Fsp3) is 0.0588. The van der Waals surface area contributed by atoms with Crippen molar-refractivity contribution in [3.63, 3.8) is 0 Å². The van der Waals surface area contributed by atoms with Gasteiger partial charge in [-0.15, -0.1) is 0 Å². The van der Waals surface area contributed by atoms with Gasteiger partial charge in [0.25, 0.3) is 0 Å². The van der Waals surface area contributed by atoms with E-state index in [1.165, 1.54) is 77.3 Å². The third-order valence-electron chi connectivity index (χ3n) is 11.4. The van der Waals surface area contributed by atoms with Gasteiger partial charge in [0.2, 0.25) is 0 Å². The molecule has 8 aromatic carbocycles. The van der Waals surface area contributed by atoms with Crippen LogP contribution in [0.25, 0.3) is 43.8 Å². The Morgan fingerprint density at radius 2 is 1.23 bits per heavy atom. The van der Waals surface area contributed by atoms with Crippen molar-refractivity contribution in [1.82, 2.24) is 5.32 Å². The van der Waals surface area contributed by atoms with E-state index >= 15 is 0 Å². The average molecular weight is 679 g/mol. The minimum Gasteiger partial charge on any atom is -0.385 e. The molecule has 0 saturated heterocycles. The number of hydrogen-bond acceptors (Lipinski definition) is 2. The molecule has 0 fully saturated rings. The van der Waals surface area contributed by atoms with Crippen LogP contribution in [0.1, 0.15) is 27.8 Å². The number of nitrogens with one attached hydrogen (secondary N) is 1. The van der Waals surface area contributed by atoms with Crippen LogP contribution in [0.3, 0.4) is 0 Å². The number of hydrogen-bond donors (Lipinski definition) is 1. The molecule has 252 valence electrons. The quantitative estimate of drug-likeness (QED) is 0.188. The zero-order valence-corrected chi connectivity index (χ0v) is 29.6. The summed E-state index contributed by atoms with van der Waals surface area (Å²) < 4.78 is 0. The van der Waals surface area contributed by atoms with Crippen molar-refractivity contribution < 1.29 is 0 Å². The zero-order valence-electron chi connectivity index (χ0n) is 29.6. The highest BCUT2D eigenvalue weighted by atomic mass is 15.2. The summed E-state index contributed by atoms with van der Waals surface area (Å²) in [4.78, 5) is 2.43. The molecule has 1 atom stereocenters. The second-order valence-corrected chi connectivity index (χ2v) is 14.2. The van der Waals surface area contributed by atoms with Gasteiger partial charge in [-0.25, -0.2) is 0 Å². The second kappa shape index (κ2) is 12.5. The van der Waals surface area contributed by atoms with Crippen LogP contribution in [-0.2, 0) is 5.41 Å². The van der Waals surface area contributed by atoms with Crippen LogP contribution < -0.4 is 10.2 Å². The molecule has 1 heterocycles. The molecule has 1 aliphatic heterocycles. The van der Waals surface area contributed by atoms with Gasteiger partial charge in [-0.2, -0.15) is 0 Å². The van der Waals surface area contributed by atoms with Crippen LogP contribution in [0.15, 0.2) is 200 Å². The molecule has 1 aliphatic carbocycles. The minimum absolute atomic E-state index is 0.536. The number of allylic oxidation sites excluding steroid dienone is 2. The van der Waals surface area contributed by atoms with Gasteiger partial charge in [0.05, 0.1) is 12.0 Å². The molecule has 8 aromatic rings. The lowest BCUT2D eigenvalue weighted by Gasteiger charge is -2.36. The molecule has 53 heavy (non-hydrogen) atoms. The normalized spacial score (nSPS) is 15.8. The molecule has 0 bridgehead atoms. The number of fused-ring (bicyclic) bond motifs is 6. The number of aryl methyl sites for hydroxylation is 1. The number of nitrogens with zero attached hydrogens (tertiary/aromatic N) is 1. The van der Waals surface area contributed by atoms with E-state index in [1.54, 1.807) is 0 Å². The maximum Gasteiger partial charge on any atom is 0.0722 e. The van der Waals surface area contributed by atoms with Gasteiger partial charge in [-0.1, -0.05) is 152 Å². The maximum atomic E-state index is 3.48. The van der Waals surface area contributed by atoms with Crippen LogP contribution in [0, 0.1) is 6.92 Å². The second-order valence-electron chi connectivity index (χ2n) is 14.2. The summed E-state index contributed by atoms with van der Waals surface area (Å²) in [6.07, 6.45) is 6.35. The first kappa shape index (κ1) is 31.1. The molecule has 0 spiro atoms. The first-order chi connectivity index (χ1) is 26.2. The van der Waals surface area contributed by atoms with Crippen molar-refractivity contribution in [2.45, 2.75) is 12.3 Å². The van der Waals surface area contributed by atoms with Crippen molar-refractivity contribution in [1.29, 1.82) is 0 Å².